The molecule has 0 aliphatic heterocycles. The fourth-order valence-electron chi connectivity index (χ4n) is 1.71. The van der Waals surface area contributed by atoms with Crippen LogP contribution in [0.5, 0.6) is 0 Å². The summed E-state index contributed by atoms with van der Waals surface area (Å²) in [7, 11) is 0. The Kier molecular flexibility index (Phi) is 4.57. The van der Waals surface area contributed by atoms with Crippen molar-refractivity contribution in [2.24, 2.45) is 0 Å². The predicted molar refractivity (Wildman–Crippen MR) is 67.9 cm³/mol. The van der Waals surface area contributed by atoms with Gasteiger partial charge in [-0.3, -0.25) is 0 Å². The van der Waals surface area contributed by atoms with Crippen molar-refractivity contribution in [2.75, 3.05) is 13.1 Å². The molecule has 96 valence electrons. The Morgan fingerprint density at radius 3 is 2.88 bits per heavy atom. The molecule has 1 saturated carbocycles. The van der Waals surface area contributed by atoms with E-state index < -0.39 is 0 Å². The van der Waals surface area contributed by atoms with Gasteiger partial charge in [-0.2, -0.15) is 0 Å². The molecule has 0 spiro atoms. The molecule has 2 rings (SSSR count). The van der Waals surface area contributed by atoms with Gasteiger partial charge in [0.1, 0.15) is 5.76 Å². The van der Waals surface area contributed by atoms with E-state index in [1.165, 1.54) is 19.3 Å². The molecular formula is C13H23N3O. The number of hydrogen-bond donors (Lipinski definition) is 2. The molecule has 1 aromatic heterocycles. The fourth-order valence-corrected chi connectivity index (χ4v) is 1.71. The van der Waals surface area contributed by atoms with Crippen molar-refractivity contribution in [3.63, 3.8) is 0 Å². The van der Waals surface area contributed by atoms with Crippen LogP contribution in [0.1, 0.15) is 50.5 Å². The highest BCUT2D eigenvalue weighted by atomic mass is 16.5. The quantitative estimate of drug-likeness (QED) is 0.679. The third kappa shape index (κ3) is 4.48. The average molecular weight is 237 g/mol. The summed E-state index contributed by atoms with van der Waals surface area (Å²) in [4.78, 5) is 0. The third-order valence-corrected chi connectivity index (χ3v) is 2.99. The second-order valence-corrected chi connectivity index (χ2v) is 5.13. The van der Waals surface area contributed by atoms with Gasteiger partial charge in [0.15, 0.2) is 0 Å². The molecule has 0 aromatic carbocycles. The van der Waals surface area contributed by atoms with Crippen molar-refractivity contribution in [3.05, 3.63) is 17.5 Å². The van der Waals surface area contributed by atoms with Gasteiger partial charge < -0.3 is 15.2 Å². The Bertz CT molecular complexity index is 331. The zero-order valence-electron chi connectivity index (χ0n) is 10.8. The highest BCUT2D eigenvalue weighted by molar-refractivity contribution is 5.08. The minimum absolute atomic E-state index is 0.416. The van der Waals surface area contributed by atoms with E-state index in [1.54, 1.807) is 0 Å². The van der Waals surface area contributed by atoms with Gasteiger partial charge in [0.2, 0.25) is 0 Å². The van der Waals surface area contributed by atoms with Gasteiger partial charge in [0.05, 0.1) is 5.69 Å². The van der Waals surface area contributed by atoms with Crippen molar-refractivity contribution in [3.8, 4) is 0 Å². The summed E-state index contributed by atoms with van der Waals surface area (Å²) in [6.45, 7) is 7.18. The molecule has 1 aliphatic carbocycles. The summed E-state index contributed by atoms with van der Waals surface area (Å²) in [5.74, 6) is 1.39. The molecule has 0 amide bonds. The first kappa shape index (κ1) is 12.6. The normalized spacial score (nSPS) is 15.7. The van der Waals surface area contributed by atoms with Crippen molar-refractivity contribution in [1.29, 1.82) is 0 Å². The molecule has 1 fully saturated rings. The molecular weight excluding hydrogens is 214 g/mol. The van der Waals surface area contributed by atoms with Crippen molar-refractivity contribution >= 4 is 0 Å². The number of hydrogen-bond acceptors (Lipinski definition) is 4. The second-order valence-electron chi connectivity index (χ2n) is 5.13. The summed E-state index contributed by atoms with van der Waals surface area (Å²) in [6, 6.07) is 2.86. The maximum atomic E-state index is 5.24. The molecule has 2 N–H and O–H groups in total. The van der Waals surface area contributed by atoms with E-state index in [4.69, 9.17) is 4.52 Å². The zero-order valence-corrected chi connectivity index (χ0v) is 10.8. The van der Waals surface area contributed by atoms with E-state index in [2.05, 4.69) is 29.6 Å². The largest absolute Gasteiger partial charge is 0.361 e. The van der Waals surface area contributed by atoms with Gasteiger partial charge in [-0.1, -0.05) is 19.0 Å². The van der Waals surface area contributed by atoms with Crippen LogP contribution in [0.25, 0.3) is 0 Å². The number of nitrogens with zero attached hydrogens (tertiary/aromatic N) is 1. The van der Waals surface area contributed by atoms with Gasteiger partial charge in [0.25, 0.3) is 0 Å². The molecule has 0 atom stereocenters. The van der Waals surface area contributed by atoms with Crippen LogP contribution in [0.3, 0.4) is 0 Å². The Morgan fingerprint density at radius 1 is 1.41 bits per heavy atom. The molecule has 17 heavy (non-hydrogen) atoms. The smallest absolute Gasteiger partial charge is 0.139 e. The Hall–Kier alpha value is -0.870. The molecule has 0 saturated heterocycles. The average Bonchev–Trinajstić information content (AvgIpc) is 3.00. The number of aromatic nitrogens is 1. The first-order valence-corrected chi connectivity index (χ1v) is 6.65. The lowest BCUT2D eigenvalue weighted by molar-refractivity contribution is 0.364. The summed E-state index contributed by atoms with van der Waals surface area (Å²) in [5.41, 5.74) is 1.00. The third-order valence-electron chi connectivity index (χ3n) is 2.99. The summed E-state index contributed by atoms with van der Waals surface area (Å²) < 4.78 is 5.24. The Balaban J connectivity index is 1.54. The van der Waals surface area contributed by atoms with Crippen LogP contribution in [-0.2, 0) is 6.54 Å². The van der Waals surface area contributed by atoms with E-state index in [1.807, 2.05) is 6.07 Å². The molecule has 4 nitrogen and oxygen atoms in total. The highest BCUT2D eigenvalue weighted by Gasteiger charge is 2.19. The summed E-state index contributed by atoms with van der Waals surface area (Å²) >= 11 is 0. The molecule has 0 bridgehead atoms. The second kappa shape index (κ2) is 6.17. The molecule has 4 heteroatoms. The standard InChI is InChI=1S/C13H23N3O/c1-10(2)13-8-12(16-17-13)9-14-6-3-7-15-11-4-5-11/h8,10-11,14-15H,3-7,9H2,1-2H3. The predicted octanol–water partition coefficient (Wildman–Crippen LogP) is 2.03. The van der Waals surface area contributed by atoms with Gasteiger partial charge in [-0.05, 0) is 32.4 Å². The van der Waals surface area contributed by atoms with E-state index >= 15 is 0 Å². The fraction of sp³-hybridized carbons (Fsp3) is 0.769. The Morgan fingerprint density at radius 2 is 2.24 bits per heavy atom. The van der Waals surface area contributed by atoms with Crippen LogP contribution in [0.2, 0.25) is 0 Å². The minimum Gasteiger partial charge on any atom is -0.361 e. The van der Waals surface area contributed by atoms with Crippen LogP contribution in [0, 0.1) is 0 Å². The monoisotopic (exact) mass is 237 g/mol. The first-order chi connectivity index (χ1) is 8.25. The molecule has 0 unspecified atom stereocenters. The molecule has 0 radical (unpaired) electrons. The number of rotatable bonds is 8. The van der Waals surface area contributed by atoms with Crippen molar-refractivity contribution < 1.29 is 4.52 Å². The summed E-state index contributed by atoms with van der Waals surface area (Å²) in [5, 5.41) is 10.9. The topological polar surface area (TPSA) is 50.1 Å². The molecule has 1 aromatic rings. The van der Waals surface area contributed by atoms with Crippen LogP contribution in [-0.4, -0.2) is 24.3 Å². The van der Waals surface area contributed by atoms with E-state index in [9.17, 15) is 0 Å². The van der Waals surface area contributed by atoms with E-state index in [0.717, 1.165) is 37.1 Å². The van der Waals surface area contributed by atoms with Gasteiger partial charge in [-0.25, -0.2) is 0 Å². The maximum Gasteiger partial charge on any atom is 0.139 e. The van der Waals surface area contributed by atoms with Gasteiger partial charge in [0, 0.05) is 24.6 Å². The maximum absolute atomic E-state index is 5.24. The van der Waals surface area contributed by atoms with Crippen molar-refractivity contribution in [1.82, 2.24) is 15.8 Å². The number of nitrogens with one attached hydrogen (secondary N) is 2. The highest BCUT2D eigenvalue weighted by Crippen LogP contribution is 2.18. The minimum atomic E-state index is 0.416. The molecule has 1 aliphatic rings. The van der Waals surface area contributed by atoms with Crippen molar-refractivity contribution in [2.45, 2.75) is 51.6 Å². The lowest BCUT2D eigenvalue weighted by atomic mass is 10.1. The van der Waals surface area contributed by atoms with E-state index in [-0.39, 0.29) is 0 Å². The lowest BCUT2D eigenvalue weighted by Crippen LogP contribution is -2.23. The summed E-state index contributed by atoms with van der Waals surface area (Å²) in [6.07, 6.45) is 3.90. The van der Waals surface area contributed by atoms with Crippen LogP contribution in [0.4, 0.5) is 0 Å². The first-order valence-electron chi connectivity index (χ1n) is 6.65. The van der Waals surface area contributed by atoms with Crippen LogP contribution >= 0.6 is 0 Å². The zero-order chi connectivity index (χ0) is 12.1. The molecule has 1 heterocycles. The van der Waals surface area contributed by atoms with Crippen LogP contribution in [0.15, 0.2) is 10.6 Å². The van der Waals surface area contributed by atoms with Gasteiger partial charge in [-0.15, -0.1) is 0 Å². The van der Waals surface area contributed by atoms with Gasteiger partial charge >= 0.3 is 0 Å². The van der Waals surface area contributed by atoms with E-state index in [0.29, 0.717) is 5.92 Å². The Labute approximate surface area is 103 Å². The van der Waals surface area contributed by atoms with Crippen LogP contribution < -0.4 is 10.6 Å². The lowest BCUT2D eigenvalue weighted by Gasteiger charge is -2.03. The SMILES string of the molecule is CC(C)c1cc(CNCCCNC2CC2)no1.